The van der Waals surface area contributed by atoms with E-state index in [4.69, 9.17) is 27.9 Å². The normalized spacial score (nSPS) is 14.3. The summed E-state index contributed by atoms with van der Waals surface area (Å²) < 4.78 is 34.1. The van der Waals surface area contributed by atoms with Crippen LogP contribution in [0, 0.1) is 0 Å². The van der Waals surface area contributed by atoms with Crippen LogP contribution in [0.5, 0.6) is 5.75 Å². The summed E-state index contributed by atoms with van der Waals surface area (Å²) in [5.74, 6) is -0.503. The summed E-state index contributed by atoms with van der Waals surface area (Å²) in [7, 11) is -2.71. The molecule has 4 rings (SSSR count). The van der Waals surface area contributed by atoms with Gasteiger partial charge in [-0.1, -0.05) is 66.4 Å². The molecule has 11 heteroatoms. The molecule has 41 heavy (non-hydrogen) atoms. The third-order valence-corrected chi connectivity index (χ3v) is 9.71. The van der Waals surface area contributed by atoms with Crippen molar-refractivity contribution in [3.8, 4) is 5.75 Å². The number of rotatable bonds is 11. The van der Waals surface area contributed by atoms with E-state index in [1.807, 2.05) is 0 Å². The summed E-state index contributed by atoms with van der Waals surface area (Å²) in [5, 5.41) is 3.71. The fraction of sp³-hybridized carbons (Fsp3) is 0.333. The second kappa shape index (κ2) is 13.6. The number of hydrogen-bond acceptors (Lipinski definition) is 5. The van der Waals surface area contributed by atoms with Crippen LogP contribution in [0.1, 0.15) is 38.2 Å². The number of nitrogens with one attached hydrogen (secondary N) is 1. The Bertz CT molecular complexity index is 1460. The molecule has 218 valence electrons. The summed E-state index contributed by atoms with van der Waals surface area (Å²) in [6, 6.07) is 18.4. The van der Waals surface area contributed by atoms with E-state index in [1.54, 1.807) is 67.6 Å². The van der Waals surface area contributed by atoms with Gasteiger partial charge in [-0.15, -0.1) is 0 Å². The summed E-state index contributed by atoms with van der Waals surface area (Å²) in [5.41, 5.74) is 0.698. The van der Waals surface area contributed by atoms with E-state index >= 15 is 0 Å². The lowest BCUT2D eigenvalue weighted by molar-refractivity contribution is -0.139. The van der Waals surface area contributed by atoms with Gasteiger partial charge in [0.25, 0.3) is 10.0 Å². The smallest absolute Gasteiger partial charge is 0.264 e. The number of anilines is 1. The molecule has 1 N–H and O–H groups in total. The minimum Gasteiger partial charge on any atom is -0.497 e. The van der Waals surface area contributed by atoms with Gasteiger partial charge in [-0.2, -0.15) is 0 Å². The minimum atomic E-state index is -4.18. The summed E-state index contributed by atoms with van der Waals surface area (Å²) >= 11 is 12.9. The topological polar surface area (TPSA) is 96.0 Å². The summed E-state index contributed by atoms with van der Waals surface area (Å²) in [6.45, 7) is 0.954. The van der Waals surface area contributed by atoms with E-state index < -0.39 is 28.5 Å². The molecule has 0 aromatic heterocycles. The maximum atomic E-state index is 14.1. The quantitative estimate of drug-likeness (QED) is 0.299. The second-order valence-corrected chi connectivity index (χ2v) is 12.6. The van der Waals surface area contributed by atoms with Crippen LogP contribution >= 0.6 is 23.2 Å². The van der Waals surface area contributed by atoms with Crippen LogP contribution in [0.15, 0.2) is 77.7 Å². The van der Waals surface area contributed by atoms with Crippen molar-refractivity contribution in [1.82, 2.24) is 10.2 Å². The first-order chi connectivity index (χ1) is 19.6. The van der Waals surface area contributed by atoms with Crippen LogP contribution in [0.25, 0.3) is 0 Å². The number of amides is 2. The molecule has 3 aromatic carbocycles. The van der Waals surface area contributed by atoms with Gasteiger partial charge in [0.15, 0.2) is 0 Å². The van der Waals surface area contributed by atoms with Gasteiger partial charge >= 0.3 is 0 Å². The van der Waals surface area contributed by atoms with Crippen LogP contribution < -0.4 is 14.4 Å². The molecule has 1 atom stereocenters. The lowest BCUT2D eigenvalue weighted by atomic mass is 10.1. The zero-order valence-corrected chi connectivity index (χ0v) is 25.3. The lowest BCUT2D eigenvalue weighted by Gasteiger charge is -2.33. The van der Waals surface area contributed by atoms with Gasteiger partial charge in [-0.25, -0.2) is 8.42 Å². The molecule has 1 aliphatic carbocycles. The number of carbonyl (C=O) groups excluding carboxylic acids is 2. The van der Waals surface area contributed by atoms with Gasteiger partial charge in [0.2, 0.25) is 11.8 Å². The molecule has 0 saturated heterocycles. The highest BCUT2D eigenvalue weighted by molar-refractivity contribution is 7.92. The Balaban J connectivity index is 1.72. The van der Waals surface area contributed by atoms with E-state index in [2.05, 4.69) is 5.32 Å². The molecule has 0 unspecified atom stereocenters. The highest BCUT2D eigenvalue weighted by Crippen LogP contribution is 2.30. The molecule has 0 heterocycles. The molecule has 0 aliphatic heterocycles. The Labute approximate surface area is 251 Å². The van der Waals surface area contributed by atoms with E-state index in [1.165, 1.54) is 24.1 Å². The van der Waals surface area contributed by atoms with Crippen molar-refractivity contribution in [3.05, 3.63) is 88.4 Å². The largest absolute Gasteiger partial charge is 0.497 e. The van der Waals surface area contributed by atoms with Gasteiger partial charge in [0.1, 0.15) is 18.3 Å². The Morgan fingerprint density at radius 1 is 0.976 bits per heavy atom. The Morgan fingerprint density at radius 2 is 1.61 bits per heavy atom. The molecular formula is C30H33Cl2N3O5S. The molecular weight excluding hydrogens is 585 g/mol. The maximum absolute atomic E-state index is 14.1. The van der Waals surface area contributed by atoms with Crippen molar-refractivity contribution >= 4 is 50.7 Å². The van der Waals surface area contributed by atoms with E-state index in [0.717, 1.165) is 30.0 Å². The molecule has 3 aromatic rings. The SMILES string of the molecule is COc1cccc(N(CC(=O)N(Cc2c(Cl)cccc2Cl)[C@H](C)C(=O)NC2CCCC2)S(=O)(=O)c2ccccc2)c1. The first-order valence-corrected chi connectivity index (χ1v) is 15.6. The Kier molecular flexibility index (Phi) is 10.2. The average Bonchev–Trinajstić information content (AvgIpc) is 3.48. The molecule has 1 aliphatic rings. The maximum Gasteiger partial charge on any atom is 0.264 e. The van der Waals surface area contributed by atoms with Gasteiger partial charge in [-0.05, 0) is 56.2 Å². The Hall–Kier alpha value is -3.27. The number of benzene rings is 3. The van der Waals surface area contributed by atoms with Crippen LogP contribution in [0.2, 0.25) is 10.0 Å². The minimum absolute atomic E-state index is 0.0170. The van der Waals surface area contributed by atoms with Crippen LogP contribution in [0.3, 0.4) is 0 Å². The van der Waals surface area contributed by atoms with Gasteiger partial charge in [0, 0.05) is 34.3 Å². The van der Waals surface area contributed by atoms with Crippen molar-refractivity contribution < 1.29 is 22.7 Å². The summed E-state index contributed by atoms with van der Waals surface area (Å²) in [4.78, 5) is 28.8. The molecule has 1 fully saturated rings. The van der Waals surface area contributed by atoms with Gasteiger partial charge < -0.3 is 15.0 Å². The van der Waals surface area contributed by atoms with Crippen molar-refractivity contribution in [2.24, 2.45) is 0 Å². The van der Waals surface area contributed by atoms with E-state index in [0.29, 0.717) is 21.4 Å². The van der Waals surface area contributed by atoms with Crippen molar-refractivity contribution in [3.63, 3.8) is 0 Å². The number of halogens is 2. The second-order valence-electron chi connectivity index (χ2n) is 9.91. The monoisotopic (exact) mass is 617 g/mol. The molecule has 1 saturated carbocycles. The lowest BCUT2D eigenvalue weighted by Crippen LogP contribution is -2.52. The molecule has 0 spiro atoms. The van der Waals surface area contributed by atoms with Crippen LogP contribution in [-0.2, 0) is 26.2 Å². The van der Waals surface area contributed by atoms with Crippen LogP contribution in [-0.4, -0.2) is 50.9 Å². The van der Waals surface area contributed by atoms with Gasteiger partial charge in [0.05, 0.1) is 17.7 Å². The van der Waals surface area contributed by atoms with Crippen molar-refractivity contribution in [1.29, 1.82) is 0 Å². The number of methoxy groups -OCH3 is 1. The van der Waals surface area contributed by atoms with Gasteiger partial charge in [-0.3, -0.25) is 13.9 Å². The van der Waals surface area contributed by atoms with E-state index in [9.17, 15) is 18.0 Å². The average molecular weight is 619 g/mol. The predicted octanol–water partition coefficient (Wildman–Crippen LogP) is 5.67. The molecule has 2 amide bonds. The predicted molar refractivity (Wildman–Crippen MR) is 161 cm³/mol. The number of sulfonamides is 1. The van der Waals surface area contributed by atoms with Crippen molar-refractivity contribution in [2.75, 3.05) is 18.0 Å². The molecule has 0 bridgehead atoms. The van der Waals surface area contributed by atoms with Crippen molar-refractivity contribution in [2.45, 2.75) is 56.1 Å². The van der Waals surface area contributed by atoms with Crippen LogP contribution in [0.4, 0.5) is 5.69 Å². The zero-order valence-electron chi connectivity index (χ0n) is 22.9. The third-order valence-electron chi connectivity index (χ3n) is 7.21. The number of ether oxygens (including phenoxy) is 1. The summed E-state index contributed by atoms with van der Waals surface area (Å²) in [6.07, 6.45) is 3.82. The molecule has 8 nitrogen and oxygen atoms in total. The third kappa shape index (κ3) is 7.33. The number of carbonyl (C=O) groups is 2. The highest BCUT2D eigenvalue weighted by atomic mass is 35.5. The number of hydrogen-bond donors (Lipinski definition) is 1. The first kappa shape index (κ1) is 30.7. The zero-order chi connectivity index (χ0) is 29.6. The fourth-order valence-corrected chi connectivity index (χ4v) is 6.79. The fourth-order valence-electron chi connectivity index (χ4n) is 4.84. The van der Waals surface area contributed by atoms with E-state index in [-0.39, 0.29) is 29.1 Å². The highest BCUT2D eigenvalue weighted by Gasteiger charge is 2.34. The Morgan fingerprint density at radius 3 is 2.24 bits per heavy atom. The molecule has 0 radical (unpaired) electrons. The number of nitrogens with zero attached hydrogens (tertiary/aromatic N) is 2. The first-order valence-electron chi connectivity index (χ1n) is 13.4. The standard InChI is InChI=1S/C30H33Cl2N3O5S/c1-21(30(37)33-22-10-6-7-11-22)34(19-26-27(31)16-9-17-28(26)32)29(36)20-35(23-12-8-13-24(18-23)40-2)41(38,39)25-14-4-3-5-15-25/h3-5,8-9,12-18,21-22H,6-7,10-11,19-20H2,1-2H3,(H,33,37)/t21-/m1/s1.